The molecule has 0 unspecified atom stereocenters. The van der Waals surface area contributed by atoms with Crippen LogP contribution in [0.2, 0.25) is 0 Å². The average molecular weight is 565 g/mol. The van der Waals surface area contributed by atoms with E-state index in [1.807, 2.05) is 11.3 Å². The van der Waals surface area contributed by atoms with Gasteiger partial charge in [-0.3, -0.25) is 0 Å². The van der Waals surface area contributed by atoms with E-state index in [1.54, 1.807) is 0 Å². The summed E-state index contributed by atoms with van der Waals surface area (Å²) < 4.78 is 7.58. The molecule has 10 rings (SSSR count). The third-order valence-corrected chi connectivity index (χ3v) is 10.3. The molecule has 200 valence electrons. The molecule has 0 fully saturated rings. The molecule has 3 heterocycles. The number of thiophene rings is 1. The molecule has 0 atom stereocenters. The first kappa shape index (κ1) is 23.2. The fourth-order valence-corrected chi connectivity index (χ4v) is 8.55. The number of hydrogen-bond donors (Lipinski definition) is 0. The average Bonchev–Trinajstić information content (AvgIpc) is 3.73. The van der Waals surface area contributed by atoms with E-state index in [-0.39, 0.29) is 0 Å². The second kappa shape index (κ2) is 8.57. The molecule has 3 heteroatoms. The lowest BCUT2D eigenvalue weighted by Crippen LogP contribution is -1.95. The molecule has 0 aliphatic heterocycles. The molecule has 0 N–H and O–H groups in total. The summed E-state index contributed by atoms with van der Waals surface area (Å²) >= 11 is 1.89. The van der Waals surface area contributed by atoms with Gasteiger partial charge < -0.3 is 9.13 Å². The van der Waals surface area contributed by atoms with Crippen molar-refractivity contribution in [2.75, 3.05) is 0 Å². The second-order valence-corrected chi connectivity index (χ2v) is 12.4. The Kier molecular flexibility index (Phi) is 4.63. The van der Waals surface area contributed by atoms with Crippen LogP contribution in [-0.2, 0) is 0 Å². The van der Waals surface area contributed by atoms with Gasteiger partial charge >= 0.3 is 0 Å². The Bertz CT molecular complexity index is 2720. The lowest BCUT2D eigenvalue weighted by atomic mass is 10.0. The van der Waals surface area contributed by atoms with E-state index >= 15 is 0 Å². The molecule has 0 aliphatic rings. The van der Waals surface area contributed by atoms with Gasteiger partial charge in [-0.25, -0.2) is 0 Å². The zero-order chi connectivity index (χ0) is 28.1. The Hall–Kier alpha value is -5.38. The van der Waals surface area contributed by atoms with Gasteiger partial charge in [0.2, 0.25) is 0 Å². The highest BCUT2D eigenvalue weighted by Gasteiger charge is 2.20. The highest BCUT2D eigenvalue weighted by Crippen LogP contribution is 2.44. The molecule has 3 aromatic heterocycles. The van der Waals surface area contributed by atoms with Gasteiger partial charge in [0.15, 0.2) is 0 Å². The smallest absolute Gasteiger partial charge is 0.0640 e. The fourth-order valence-electron chi connectivity index (χ4n) is 7.35. The molecule has 0 saturated heterocycles. The van der Waals surface area contributed by atoms with E-state index in [9.17, 15) is 0 Å². The monoisotopic (exact) mass is 564 g/mol. The minimum absolute atomic E-state index is 1.18. The molecule has 0 spiro atoms. The standard InChI is InChI=1S/C40H24N2S/c1-2-11-25(12-3-1)41-33-17-7-4-13-26(33)29-22-21-28-30(39(29)41)23-24-35-38(28)32-15-5-8-18-34(32)42(35)36-19-10-16-31-27-14-6-9-20-37(27)43-40(31)36/h1-24H. The largest absolute Gasteiger partial charge is 0.309 e. The number of para-hydroxylation sites is 3. The molecule has 0 saturated carbocycles. The van der Waals surface area contributed by atoms with Crippen molar-refractivity contribution in [1.82, 2.24) is 9.13 Å². The summed E-state index contributed by atoms with van der Waals surface area (Å²) in [6.45, 7) is 0. The first-order valence-electron chi connectivity index (χ1n) is 14.7. The SMILES string of the molecule is c1ccc(-n2c3ccccc3c3ccc4c(ccc5c4c4ccccc4n5-c4cccc5c4sc4ccccc45)c32)cc1. The first-order chi connectivity index (χ1) is 21.4. The van der Waals surface area contributed by atoms with Crippen LogP contribution < -0.4 is 0 Å². The predicted molar refractivity (Wildman–Crippen MR) is 186 cm³/mol. The zero-order valence-corrected chi connectivity index (χ0v) is 24.0. The van der Waals surface area contributed by atoms with Crippen LogP contribution in [0.15, 0.2) is 146 Å². The van der Waals surface area contributed by atoms with Crippen LogP contribution in [-0.4, -0.2) is 9.13 Å². The van der Waals surface area contributed by atoms with Crippen molar-refractivity contribution in [3.05, 3.63) is 146 Å². The molecule has 0 aliphatic carbocycles. The van der Waals surface area contributed by atoms with E-state index in [1.165, 1.54) is 85.9 Å². The minimum atomic E-state index is 1.18. The number of aromatic nitrogens is 2. The Morgan fingerprint density at radius 2 is 1.00 bits per heavy atom. The van der Waals surface area contributed by atoms with Crippen LogP contribution >= 0.6 is 11.3 Å². The van der Waals surface area contributed by atoms with Crippen molar-refractivity contribution in [3.63, 3.8) is 0 Å². The molecule has 43 heavy (non-hydrogen) atoms. The summed E-state index contributed by atoms with van der Waals surface area (Å²) in [7, 11) is 0. The third kappa shape index (κ3) is 3.07. The highest BCUT2D eigenvalue weighted by molar-refractivity contribution is 7.26. The van der Waals surface area contributed by atoms with Crippen molar-refractivity contribution >= 4 is 85.9 Å². The Morgan fingerprint density at radius 3 is 1.86 bits per heavy atom. The van der Waals surface area contributed by atoms with Crippen molar-refractivity contribution in [1.29, 1.82) is 0 Å². The second-order valence-electron chi connectivity index (χ2n) is 11.3. The van der Waals surface area contributed by atoms with Crippen molar-refractivity contribution < 1.29 is 0 Å². The van der Waals surface area contributed by atoms with Crippen LogP contribution in [0.1, 0.15) is 0 Å². The van der Waals surface area contributed by atoms with E-state index in [4.69, 9.17) is 0 Å². The quantitative estimate of drug-likeness (QED) is 0.198. The molecule has 0 radical (unpaired) electrons. The van der Waals surface area contributed by atoms with E-state index in [2.05, 4.69) is 155 Å². The molecule has 7 aromatic carbocycles. The van der Waals surface area contributed by atoms with Gasteiger partial charge in [0, 0.05) is 48.1 Å². The number of fused-ring (bicyclic) bond motifs is 12. The van der Waals surface area contributed by atoms with Crippen molar-refractivity contribution in [2.45, 2.75) is 0 Å². The summed E-state index contributed by atoms with van der Waals surface area (Å²) in [4.78, 5) is 0. The summed E-state index contributed by atoms with van der Waals surface area (Å²) in [6.07, 6.45) is 0. The minimum Gasteiger partial charge on any atom is -0.309 e. The highest BCUT2D eigenvalue weighted by atomic mass is 32.1. The van der Waals surface area contributed by atoms with Gasteiger partial charge in [-0.05, 0) is 47.9 Å². The van der Waals surface area contributed by atoms with E-state index in [0.29, 0.717) is 0 Å². The maximum atomic E-state index is 2.48. The van der Waals surface area contributed by atoms with Gasteiger partial charge in [-0.1, -0.05) is 103 Å². The summed E-state index contributed by atoms with van der Waals surface area (Å²) in [5.74, 6) is 0. The third-order valence-electron chi connectivity index (χ3n) is 9.10. The van der Waals surface area contributed by atoms with Crippen LogP contribution in [0, 0.1) is 0 Å². The Labute approximate surface area is 251 Å². The van der Waals surface area contributed by atoms with Gasteiger partial charge in [0.25, 0.3) is 0 Å². The van der Waals surface area contributed by atoms with Crippen LogP contribution in [0.5, 0.6) is 0 Å². The Balaban J connectivity index is 1.38. The fraction of sp³-hybridized carbons (Fsp3) is 0. The van der Waals surface area contributed by atoms with Gasteiger partial charge in [0.05, 0.1) is 32.5 Å². The summed E-state index contributed by atoms with van der Waals surface area (Å²) in [5, 5.41) is 10.3. The molecule has 2 nitrogen and oxygen atoms in total. The van der Waals surface area contributed by atoms with Crippen molar-refractivity contribution in [2.24, 2.45) is 0 Å². The van der Waals surface area contributed by atoms with E-state index in [0.717, 1.165) is 0 Å². The molecule has 0 amide bonds. The van der Waals surface area contributed by atoms with Gasteiger partial charge in [-0.15, -0.1) is 11.3 Å². The lowest BCUT2D eigenvalue weighted by molar-refractivity contribution is 1.19. The zero-order valence-electron chi connectivity index (χ0n) is 23.2. The normalized spacial score (nSPS) is 12.2. The predicted octanol–water partition coefficient (Wildman–Crippen LogP) is 11.4. The molecular formula is C40H24N2S. The molecule has 0 bridgehead atoms. The topological polar surface area (TPSA) is 9.86 Å². The van der Waals surface area contributed by atoms with Crippen LogP contribution in [0.25, 0.3) is 85.9 Å². The van der Waals surface area contributed by atoms with Crippen LogP contribution in [0.4, 0.5) is 0 Å². The maximum Gasteiger partial charge on any atom is 0.0640 e. The number of rotatable bonds is 2. The summed E-state index contributed by atoms with van der Waals surface area (Å²) in [6, 6.07) is 53.3. The van der Waals surface area contributed by atoms with Gasteiger partial charge in [0.1, 0.15) is 0 Å². The van der Waals surface area contributed by atoms with E-state index < -0.39 is 0 Å². The number of benzene rings is 7. The van der Waals surface area contributed by atoms with Gasteiger partial charge in [-0.2, -0.15) is 0 Å². The number of nitrogens with zero attached hydrogens (tertiary/aromatic N) is 2. The molecular weight excluding hydrogens is 541 g/mol. The summed E-state index contributed by atoms with van der Waals surface area (Å²) in [5.41, 5.74) is 7.38. The van der Waals surface area contributed by atoms with Crippen LogP contribution in [0.3, 0.4) is 0 Å². The maximum absolute atomic E-state index is 2.48. The Morgan fingerprint density at radius 1 is 0.372 bits per heavy atom. The molecule has 10 aromatic rings. The lowest BCUT2D eigenvalue weighted by Gasteiger charge is -2.12. The van der Waals surface area contributed by atoms with Crippen molar-refractivity contribution in [3.8, 4) is 11.4 Å². The number of hydrogen-bond acceptors (Lipinski definition) is 1. The first-order valence-corrected chi connectivity index (χ1v) is 15.5.